The van der Waals surface area contributed by atoms with Crippen molar-refractivity contribution in [2.75, 3.05) is 27.3 Å². The molecule has 3 nitrogen and oxygen atoms in total. The van der Waals surface area contributed by atoms with Crippen molar-refractivity contribution in [2.24, 2.45) is 0 Å². The van der Waals surface area contributed by atoms with Crippen LogP contribution in [0.1, 0.15) is 39.5 Å². The van der Waals surface area contributed by atoms with Gasteiger partial charge in [-0.05, 0) is 25.9 Å². The number of hydrogen-bond donors (Lipinski definition) is 0. The molecule has 0 aromatic rings. The van der Waals surface area contributed by atoms with Gasteiger partial charge >= 0.3 is 9.45 Å². The molecule has 0 aromatic heterocycles. The maximum atomic E-state index is 5.40. The van der Waals surface area contributed by atoms with E-state index in [-0.39, 0.29) is 0 Å². The minimum absolute atomic E-state index is 1.12. The SMILES string of the molecule is CCCCN(CCCC)[SiH](OC)OC. The third kappa shape index (κ3) is 5.75. The molecule has 0 bridgehead atoms. The molecule has 0 aliphatic carbocycles. The van der Waals surface area contributed by atoms with Crippen LogP contribution in [-0.2, 0) is 8.85 Å². The average Bonchev–Trinajstić information content (AvgIpc) is 2.22. The van der Waals surface area contributed by atoms with Crippen LogP contribution in [0, 0.1) is 0 Å². The van der Waals surface area contributed by atoms with E-state index in [1.54, 1.807) is 14.2 Å². The summed E-state index contributed by atoms with van der Waals surface area (Å²) >= 11 is 0. The summed E-state index contributed by atoms with van der Waals surface area (Å²) in [5.74, 6) is 0. The second kappa shape index (κ2) is 9.64. The van der Waals surface area contributed by atoms with Crippen LogP contribution in [0.15, 0.2) is 0 Å². The molecule has 0 atom stereocenters. The first-order valence-corrected chi connectivity index (χ1v) is 7.05. The Hall–Kier alpha value is 0.0969. The van der Waals surface area contributed by atoms with Gasteiger partial charge in [0.25, 0.3) is 0 Å². The molecule has 0 amide bonds. The van der Waals surface area contributed by atoms with Gasteiger partial charge in [-0.2, -0.15) is 0 Å². The summed E-state index contributed by atoms with van der Waals surface area (Å²) < 4.78 is 13.2. The van der Waals surface area contributed by atoms with Crippen LogP contribution >= 0.6 is 0 Å². The monoisotopic (exact) mass is 219 g/mol. The van der Waals surface area contributed by atoms with Crippen LogP contribution in [0.25, 0.3) is 0 Å². The predicted octanol–water partition coefficient (Wildman–Crippen LogP) is 1.90. The van der Waals surface area contributed by atoms with E-state index in [0.717, 1.165) is 13.1 Å². The van der Waals surface area contributed by atoms with Crippen molar-refractivity contribution >= 4 is 9.45 Å². The van der Waals surface area contributed by atoms with Crippen LogP contribution in [0.5, 0.6) is 0 Å². The second-order valence-electron chi connectivity index (χ2n) is 3.52. The lowest BCUT2D eigenvalue weighted by Crippen LogP contribution is -2.44. The Morgan fingerprint density at radius 3 is 1.64 bits per heavy atom. The van der Waals surface area contributed by atoms with Gasteiger partial charge < -0.3 is 8.85 Å². The summed E-state index contributed by atoms with van der Waals surface area (Å²) in [4.78, 5) is 0. The van der Waals surface area contributed by atoms with E-state index in [1.165, 1.54) is 25.7 Å². The molecule has 0 saturated heterocycles. The molecular formula is C10H25NO2Si. The van der Waals surface area contributed by atoms with Gasteiger partial charge in [-0.25, -0.2) is 0 Å². The topological polar surface area (TPSA) is 21.7 Å². The van der Waals surface area contributed by atoms with Gasteiger partial charge in [0.05, 0.1) is 0 Å². The van der Waals surface area contributed by atoms with E-state index < -0.39 is 9.45 Å². The van der Waals surface area contributed by atoms with Crippen molar-refractivity contribution in [1.82, 2.24) is 4.57 Å². The minimum Gasteiger partial charge on any atom is -0.388 e. The quantitative estimate of drug-likeness (QED) is 0.553. The van der Waals surface area contributed by atoms with Crippen molar-refractivity contribution < 1.29 is 8.85 Å². The van der Waals surface area contributed by atoms with E-state index in [4.69, 9.17) is 8.85 Å². The Labute approximate surface area is 90.3 Å². The van der Waals surface area contributed by atoms with Gasteiger partial charge in [-0.15, -0.1) is 0 Å². The van der Waals surface area contributed by atoms with Gasteiger partial charge in [0.1, 0.15) is 0 Å². The largest absolute Gasteiger partial charge is 0.410 e. The van der Waals surface area contributed by atoms with Crippen LogP contribution in [0.2, 0.25) is 0 Å². The lowest BCUT2D eigenvalue weighted by Gasteiger charge is -2.26. The normalized spacial score (nSPS) is 11.6. The van der Waals surface area contributed by atoms with E-state index in [2.05, 4.69) is 18.4 Å². The van der Waals surface area contributed by atoms with Crippen molar-refractivity contribution in [3.05, 3.63) is 0 Å². The molecule has 0 heterocycles. The van der Waals surface area contributed by atoms with E-state index >= 15 is 0 Å². The molecule has 4 heteroatoms. The fraction of sp³-hybridized carbons (Fsp3) is 1.00. The van der Waals surface area contributed by atoms with Gasteiger partial charge in [0.2, 0.25) is 0 Å². The zero-order chi connectivity index (χ0) is 10.8. The predicted molar refractivity (Wildman–Crippen MR) is 62.6 cm³/mol. The van der Waals surface area contributed by atoms with Gasteiger partial charge in [0.15, 0.2) is 0 Å². The van der Waals surface area contributed by atoms with Gasteiger partial charge in [-0.1, -0.05) is 26.7 Å². The van der Waals surface area contributed by atoms with E-state index in [0.29, 0.717) is 0 Å². The number of hydrogen-bond acceptors (Lipinski definition) is 3. The molecule has 0 rings (SSSR count). The highest BCUT2D eigenvalue weighted by Crippen LogP contribution is 2.03. The Morgan fingerprint density at radius 2 is 1.36 bits per heavy atom. The summed E-state index contributed by atoms with van der Waals surface area (Å²) in [6, 6.07) is 0. The zero-order valence-electron chi connectivity index (χ0n) is 10.1. The second-order valence-corrected chi connectivity index (χ2v) is 5.81. The zero-order valence-corrected chi connectivity index (χ0v) is 11.2. The van der Waals surface area contributed by atoms with Crippen molar-refractivity contribution in [3.63, 3.8) is 0 Å². The molecule has 0 aliphatic rings. The van der Waals surface area contributed by atoms with Crippen LogP contribution in [0.3, 0.4) is 0 Å². The highest BCUT2D eigenvalue weighted by Gasteiger charge is 2.19. The Morgan fingerprint density at radius 1 is 0.929 bits per heavy atom. The number of unbranched alkanes of at least 4 members (excludes halogenated alkanes) is 2. The molecule has 86 valence electrons. The fourth-order valence-corrected chi connectivity index (χ4v) is 3.01. The number of rotatable bonds is 9. The third-order valence-corrected chi connectivity index (χ3v) is 4.22. The summed E-state index contributed by atoms with van der Waals surface area (Å²) in [6.45, 7) is 6.67. The van der Waals surface area contributed by atoms with Crippen LogP contribution in [0.4, 0.5) is 0 Å². The molecule has 0 saturated carbocycles. The van der Waals surface area contributed by atoms with Crippen LogP contribution in [-0.4, -0.2) is 41.3 Å². The first-order chi connectivity index (χ1) is 6.79. The van der Waals surface area contributed by atoms with Crippen molar-refractivity contribution in [1.29, 1.82) is 0 Å². The summed E-state index contributed by atoms with van der Waals surface area (Å²) in [6.07, 6.45) is 4.94. The lowest BCUT2D eigenvalue weighted by molar-refractivity contribution is 0.195. The molecule has 0 aliphatic heterocycles. The molecule has 14 heavy (non-hydrogen) atoms. The molecule has 0 unspecified atom stereocenters. The Bertz CT molecular complexity index is 113. The van der Waals surface area contributed by atoms with Crippen molar-refractivity contribution in [3.8, 4) is 0 Å². The highest BCUT2D eigenvalue weighted by atomic mass is 28.3. The first kappa shape index (κ1) is 14.1. The molecule has 0 radical (unpaired) electrons. The van der Waals surface area contributed by atoms with Crippen molar-refractivity contribution in [2.45, 2.75) is 39.5 Å². The van der Waals surface area contributed by atoms with Gasteiger partial charge in [0, 0.05) is 14.2 Å². The fourth-order valence-electron chi connectivity index (χ4n) is 1.44. The van der Waals surface area contributed by atoms with Gasteiger partial charge in [-0.3, -0.25) is 4.57 Å². The highest BCUT2D eigenvalue weighted by molar-refractivity contribution is 6.40. The van der Waals surface area contributed by atoms with Crippen LogP contribution < -0.4 is 0 Å². The molecular weight excluding hydrogens is 194 g/mol. The Balaban J connectivity index is 3.92. The molecule has 0 spiro atoms. The van der Waals surface area contributed by atoms with E-state index in [9.17, 15) is 0 Å². The maximum Gasteiger partial charge on any atom is 0.410 e. The summed E-state index contributed by atoms with van der Waals surface area (Å²) in [5, 5.41) is 0. The standard InChI is InChI=1S/C10H25NO2Si/c1-5-7-9-11(10-8-6-2)14(12-3)13-4/h14H,5-10H2,1-4H3. The Kier molecular flexibility index (Phi) is 9.71. The lowest BCUT2D eigenvalue weighted by atomic mass is 10.3. The first-order valence-electron chi connectivity index (χ1n) is 5.59. The molecule has 0 aromatic carbocycles. The molecule has 0 N–H and O–H groups in total. The average molecular weight is 219 g/mol. The smallest absolute Gasteiger partial charge is 0.388 e. The summed E-state index contributed by atoms with van der Waals surface area (Å²) in [7, 11) is 1.97. The molecule has 0 fully saturated rings. The minimum atomic E-state index is -1.54. The number of nitrogens with zero attached hydrogens (tertiary/aromatic N) is 1. The summed E-state index contributed by atoms with van der Waals surface area (Å²) in [5.41, 5.74) is 0. The van der Waals surface area contributed by atoms with E-state index in [1.807, 2.05) is 0 Å². The maximum absolute atomic E-state index is 5.40. The third-order valence-electron chi connectivity index (χ3n) is 2.30.